The summed E-state index contributed by atoms with van der Waals surface area (Å²) in [6.45, 7) is 2.39. The van der Waals surface area contributed by atoms with E-state index in [0.29, 0.717) is 29.2 Å². The third kappa shape index (κ3) is 4.18. The van der Waals surface area contributed by atoms with Crippen LogP contribution in [0.2, 0.25) is 0 Å². The minimum atomic E-state index is -3.84. The molecule has 0 radical (unpaired) electrons. The number of nitrogens with one attached hydrogen (secondary N) is 1. The first-order chi connectivity index (χ1) is 15.0. The Balaban J connectivity index is 1.90. The van der Waals surface area contributed by atoms with Crippen molar-refractivity contribution in [3.8, 4) is 11.5 Å². The molecule has 0 aliphatic rings. The van der Waals surface area contributed by atoms with E-state index >= 15 is 0 Å². The molecule has 3 aromatic carbocycles. The van der Waals surface area contributed by atoms with Crippen molar-refractivity contribution in [3.05, 3.63) is 84.2 Å². The maximum absolute atomic E-state index is 13.6. The topological polar surface area (TPSA) is 81.3 Å². The van der Waals surface area contributed by atoms with Crippen LogP contribution in [-0.2, 0) is 9.84 Å². The van der Waals surface area contributed by atoms with Crippen molar-refractivity contribution < 1.29 is 17.9 Å². The van der Waals surface area contributed by atoms with Crippen molar-refractivity contribution in [1.29, 1.82) is 0 Å². The maximum atomic E-state index is 13.6. The van der Waals surface area contributed by atoms with Gasteiger partial charge in [0.15, 0.2) is 11.5 Å². The van der Waals surface area contributed by atoms with Gasteiger partial charge in [0, 0.05) is 0 Å². The van der Waals surface area contributed by atoms with E-state index in [-0.39, 0.29) is 15.6 Å². The van der Waals surface area contributed by atoms with E-state index in [1.165, 1.54) is 0 Å². The summed E-state index contributed by atoms with van der Waals surface area (Å²) in [5.41, 5.74) is 2.10. The van der Waals surface area contributed by atoms with Crippen molar-refractivity contribution >= 4 is 31.9 Å². The third-order valence-corrected chi connectivity index (χ3v) is 6.53. The lowest BCUT2D eigenvalue weighted by molar-refractivity contribution is 0.311. The van der Waals surface area contributed by atoms with Gasteiger partial charge in [-0.3, -0.25) is 0 Å². The van der Waals surface area contributed by atoms with Gasteiger partial charge in [-0.05, 0) is 55.0 Å². The fourth-order valence-electron chi connectivity index (χ4n) is 3.27. The quantitative estimate of drug-likeness (QED) is 0.445. The highest BCUT2D eigenvalue weighted by atomic mass is 32.2. The summed E-state index contributed by atoms with van der Waals surface area (Å²) in [6.07, 6.45) is 1.60. The number of sulfone groups is 1. The van der Waals surface area contributed by atoms with Gasteiger partial charge in [-0.15, -0.1) is 0 Å². The van der Waals surface area contributed by atoms with Crippen LogP contribution >= 0.6 is 0 Å². The van der Waals surface area contributed by atoms with Gasteiger partial charge in [0.2, 0.25) is 9.84 Å². The minimum absolute atomic E-state index is 0.0705. The summed E-state index contributed by atoms with van der Waals surface area (Å²) in [5.74, 6) is 1.40. The molecular formula is C24H22N2O4S. The summed E-state index contributed by atoms with van der Waals surface area (Å²) >= 11 is 0. The second-order valence-corrected chi connectivity index (χ2v) is 8.69. The monoisotopic (exact) mass is 434 g/mol. The molecule has 0 aliphatic carbocycles. The van der Waals surface area contributed by atoms with E-state index in [9.17, 15) is 8.42 Å². The van der Waals surface area contributed by atoms with E-state index in [0.717, 1.165) is 5.52 Å². The molecule has 4 aromatic rings. The first kappa shape index (κ1) is 20.7. The van der Waals surface area contributed by atoms with Crippen LogP contribution in [-0.4, -0.2) is 32.1 Å². The Morgan fingerprint density at radius 1 is 1.00 bits per heavy atom. The smallest absolute Gasteiger partial charge is 0.210 e. The summed E-state index contributed by atoms with van der Waals surface area (Å²) in [4.78, 5) is 7.93. The zero-order chi connectivity index (χ0) is 21.8. The van der Waals surface area contributed by atoms with Crippen LogP contribution in [0.4, 0.5) is 0 Å². The fourth-order valence-corrected chi connectivity index (χ4v) is 4.68. The van der Waals surface area contributed by atoms with Crippen molar-refractivity contribution in [1.82, 2.24) is 9.97 Å². The zero-order valence-electron chi connectivity index (χ0n) is 17.2. The molecule has 0 aliphatic heterocycles. The zero-order valence-corrected chi connectivity index (χ0v) is 18.0. The standard InChI is InChI=1S/C24H22N2O4S/c1-3-30-21-14-13-17(15-22(21)29-2)16-23(31(27,28)18-9-5-4-6-10-18)24-25-19-11-7-8-12-20(19)26-24/h4-16H,3H2,1-2H3,(H,25,26)/b23-16+. The summed E-state index contributed by atoms with van der Waals surface area (Å²) in [5, 5.41) is 0. The number of hydrogen-bond acceptors (Lipinski definition) is 5. The van der Waals surface area contributed by atoms with E-state index in [2.05, 4.69) is 9.97 Å². The highest BCUT2D eigenvalue weighted by Gasteiger charge is 2.25. The summed E-state index contributed by atoms with van der Waals surface area (Å²) in [6, 6.07) is 21.0. The predicted molar refractivity (Wildman–Crippen MR) is 122 cm³/mol. The van der Waals surface area contributed by atoms with Crippen LogP contribution in [0.15, 0.2) is 77.7 Å². The Kier molecular flexibility index (Phi) is 5.77. The molecule has 7 heteroatoms. The number of aromatic amines is 1. The Morgan fingerprint density at radius 2 is 1.74 bits per heavy atom. The molecule has 6 nitrogen and oxygen atoms in total. The van der Waals surface area contributed by atoms with Crippen LogP contribution in [0.3, 0.4) is 0 Å². The Labute approximate surface area is 181 Å². The molecule has 1 aromatic heterocycles. The van der Waals surface area contributed by atoms with Crippen molar-refractivity contribution in [2.24, 2.45) is 0 Å². The molecule has 4 rings (SSSR count). The largest absolute Gasteiger partial charge is 0.493 e. The van der Waals surface area contributed by atoms with Crippen LogP contribution in [0.5, 0.6) is 11.5 Å². The van der Waals surface area contributed by atoms with Crippen molar-refractivity contribution in [2.45, 2.75) is 11.8 Å². The van der Waals surface area contributed by atoms with E-state index in [1.54, 1.807) is 61.7 Å². The van der Waals surface area contributed by atoms with Gasteiger partial charge in [0.05, 0.1) is 29.6 Å². The lowest BCUT2D eigenvalue weighted by Crippen LogP contribution is -2.06. The summed E-state index contributed by atoms with van der Waals surface area (Å²) in [7, 11) is -2.30. The van der Waals surface area contributed by atoms with Crippen LogP contribution < -0.4 is 9.47 Å². The number of methoxy groups -OCH3 is 1. The minimum Gasteiger partial charge on any atom is -0.493 e. The number of nitrogens with zero attached hydrogens (tertiary/aromatic N) is 1. The number of hydrogen-bond donors (Lipinski definition) is 1. The van der Waals surface area contributed by atoms with Crippen LogP contribution in [0.1, 0.15) is 18.3 Å². The van der Waals surface area contributed by atoms with E-state index in [1.807, 2.05) is 31.2 Å². The van der Waals surface area contributed by atoms with Gasteiger partial charge >= 0.3 is 0 Å². The first-order valence-electron chi connectivity index (χ1n) is 9.80. The summed E-state index contributed by atoms with van der Waals surface area (Å²) < 4.78 is 38.1. The molecule has 0 spiro atoms. The molecule has 1 N–H and O–H groups in total. The molecule has 0 saturated carbocycles. The number of H-pyrrole nitrogens is 1. The molecule has 0 amide bonds. The SMILES string of the molecule is CCOc1ccc(/C=C(\c2nc3ccccc3[nH]2)S(=O)(=O)c2ccccc2)cc1OC. The van der Waals surface area contributed by atoms with Gasteiger partial charge in [0.1, 0.15) is 10.7 Å². The molecule has 0 fully saturated rings. The van der Waals surface area contributed by atoms with Gasteiger partial charge in [-0.1, -0.05) is 36.4 Å². The normalized spacial score (nSPS) is 12.1. The number of fused-ring (bicyclic) bond motifs is 1. The molecule has 158 valence electrons. The average Bonchev–Trinajstić information content (AvgIpc) is 3.22. The molecule has 31 heavy (non-hydrogen) atoms. The van der Waals surface area contributed by atoms with Crippen LogP contribution in [0.25, 0.3) is 22.0 Å². The van der Waals surface area contributed by atoms with Crippen LogP contribution in [0, 0.1) is 0 Å². The lowest BCUT2D eigenvalue weighted by Gasteiger charge is -2.11. The fraction of sp³-hybridized carbons (Fsp3) is 0.125. The maximum Gasteiger partial charge on any atom is 0.210 e. The van der Waals surface area contributed by atoms with Gasteiger partial charge < -0.3 is 14.5 Å². The van der Waals surface area contributed by atoms with Crippen molar-refractivity contribution in [3.63, 3.8) is 0 Å². The number of rotatable bonds is 7. The molecule has 0 saturated heterocycles. The predicted octanol–water partition coefficient (Wildman–Crippen LogP) is 4.94. The lowest BCUT2D eigenvalue weighted by atomic mass is 10.2. The van der Waals surface area contributed by atoms with Gasteiger partial charge in [0.25, 0.3) is 0 Å². The number of imidazole rings is 1. The molecule has 0 bridgehead atoms. The van der Waals surface area contributed by atoms with E-state index in [4.69, 9.17) is 9.47 Å². The second kappa shape index (κ2) is 8.65. The first-order valence-corrected chi connectivity index (χ1v) is 11.3. The highest BCUT2D eigenvalue weighted by molar-refractivity contribution is 8.00. The number of para-hydroxylation sites is 2. The Bertz CT molecular complexity index is 1310. The number of benzene rings is 3. The highest BCUT2D eigenvalue weighted by Crippen LogP contribution is 2.33. The third-order valence-electron chi connectivity index (χ3n) is 4.75. The van der Waals surface area contributed by atoms with Crippen molar-refractivity contribution in [2.75, 3.05) is 13.7 Å². The number of ether oxygens (including phenoxy) is 2. The molecule has 0 unspecified atom stereocenters. The molecular weight excluding hydrogens is 412 g/mol. The second-order valence-electron chi connectivity index (χ2n) is 6.77. The average molecular weight is 435 g/mol. The van der Waals surface area contributed by atoms with Gasteiger partial charge in [-0.2, -0.15) is 0 Å². The molecule has 1 heterocycles. The Morgan fingerprint density at radius 3 is 2.45 bits per heavy atom. The number of aromatic nitrogens is 2. The molecule has 0 atom stereocenters. The van der Waals surface area contributed by atoms with E-state index < -0.39 is 9.84 Å². The van der Waals surface area contributed by atoms with Gasteiger partial charge in [-0.25, -0.2) is 13.4 Å². The Hall–Kier alpha value is -3.58.